The summed E-state index contributed by atoms with van der Waals surface area (Å²) in [4.78, 5) is 3.82. The lowest BCUT2D eigenvalue weighted by atomic mass is 10.0. The third kappa shape index (κ3) is 4.17. The number of nitrogens with one attached hydrogen (secondary N) is 1. The van der Waals surface area contributed by atoms with E-state index in [0.717, 1.165) is 11.8 Å². The van der Waals surface area contributed by atoms with Gasteiger partial charge in [0.05, 0.1) is 5.56 Å². The van der Waals surface area contributed by atoms with E-state index in [2.05, 4.69) is 10.3 Å². The van der Waals surface area contributed by atoms with Gasteiger partial charge in [0.1, 0.15) is 0 Å². The smallest absolute Gasteiger partial charge is 0.310 e. The second kappa shape index (κ2) is 6.99. The van der Waals surface area contributed by atoms with Crippen LogP contribution < -0.4 is 5.32 Å². The molecule has 102 valence electrons. The number of nitrogens with zero attached hydrogens (tertiary/aromatic N) is 1. The minimum atomic E-state index is -4.33. The molecule has 1 atom stereocenters. The second-order valence-corrected chi connectivity index (χ2v) is 4.84. The van der Waals surface area contributed by atoms with E-state index < -0.39 is 11.7 Å². The van der Waals surface area contributed by atoms with Crippen LogP contribution >= 0.6 is 11.8 Å². The first kappa shape index (κ1) is 15.3. The van der Waals surface area contributed by atoms with Gasteiger partial charge in [0.15, 0.2) is 0 Å². The first-order valence-corrected chi connectivity index (χ1v) is 7.13. The number of alkyl halides is 3. The fourth-order valence-corrected chi connectivity index (χ4v) is 2.26. The Labute approximate surface area is 109 Å². The molecule has 0 saturated heterocycles. The molecule has 0 aliphatic carbocycles. The Morgan fingerprint density at radius 2 is 2.17 bits per heavy atom. The van der Waals surface area contributed by atoms with Gasteiger partial charge >= 0.3 is 6.18 Å². The maximum absolute atomic E-state index is 12.9. The Balaban J connectivity index is 3.03. The largest absolute Gasteiger partial charge is 0.416 e. The highest BCUT2D eigenvalue weighted by Gasteiger charge is 2.34. The molecule has 18 heavy (non-hydrogen) atoms. The maximum Gasteiger partial charge on any atom is 0.416 e. The number of rotatable bonds is 6. The second-order valence-electron chi connectivity index (χ2n) is 3.85. The lowest BCUT2D eigenvalue weighted by molar-refractivity contribution is -0.138. The number of pyridine rings is 1. The van der Waals surface area contributed by atoms with Crippen LogP contribution in [0.15, 0.2) is 18.5 Å². The molecular weight excluding hydrogens is 261 g/mol. The molecule has 2 nitrogen and oxygen atoms in total. The SMILES string of the molecule is CCNC(CCSC)c1cnccc1C(F)(F)F. The van der Waals surface area contributed by atoms with Crippen LogP contribution in [0.1, 0.15) is 30.5 Å². The number of hydrogen-bond donors (Lipinski definition) is 1. The third-order valence-electron chi connectivity index (χ3n) is 2.59. The summed E-state index contributed by atoms with van der Waals surface area (Å²) in [6.07, 6.45) is 0.770. The van der Waals surface area contributed by atoms with Gasteiger partial charge in [-0.15, -0.1) is 0 Å². The van der Waals surface area contributed by atoms with E-state index in [0.29, 0.717) is 13.0 Å². The summed E-state index contributed by atoms with van der Waals surface area (Å²) >= 11 is 1.62. The van der Waals surface area contributed by atoms with Crippen molar-refractivity contribution in [3.63, 3.8) is 0 Å². The highest BCUT2D eigenvalue weighted by atomic mass is 32.2. The molecule has 0 spiro atoms. The van der Waals surface area contributed by atoms with Crippen molar-refractivity contribution < 1.29 is 13.2 Å². The Morgan fingerprint density at radius 3 is 2.72 bits per heavy atom. The first-order valence-electron chi connectivity index (χ1n) is 5.74. The molecule has 0 bridgehead atoms. The van der Waals surface area contributed by atoms with Crippen molar-refractivity contribution in [2.75, 3.05) is 18.6 Å². The molecule has 1 N–H and O–H groups in total. The molecule has 0 aliphatic heterocycles. The molecule has 1 aromatic rings. The van der Waals surface area contributed by atoms with E-state index in [1.54, 1.807) is 11.8 Å². The van der Waals surface area contributed by atoms with Crippen molar-refractivity contribution in [3.05, 3.63) is 29.6 Å². The van der Waals surface area contributed by atoms with Gasteiger partial charge in [-0.1, -0.05) is 6.92 Å². The Hall–Kier alpha value is -0.750. The predicted octanol–water partition coefficient (Wildman–Crippen LogP) is 3.50. The van der Waals surface area contributed by atoms with Crippen LogP contribution in [0.2, 0.25) is 0 Å². The molecule has 0 aromatic carbocycles. The quantitative estimate of drug-likeness (QED) is 0.862. The molecule has 0 amide bonds. The summed E-state index contributed by atoms with van der Waals surface area (Å²) in [5.41, 5.74) is -0.356. The zero-order chi connectivity index (χ0) is 13.6. The maximum atomic E-state index is 12.9. The van der Waals surface area contributed by atoms with Crippen LogP contribution in [-0.4, -0.2) is 23.5 Å². The summed E-state index contributed by atoms with van der Waals surface area (Å²) in [6.45, 7) is 2.51. The van der Waals surface area contributed by atoms with Crippen LogP contribution in [-0.2, 0) is 6.18 Å². The summed E-state index contributed by atoms with van der Waals surface area (Å²) in [6, 6.07) is 0.742. The van der Waals surface area contributed by atoms with Crippen LogP contribution in [0.3, 0.4) is 0 Å². The van der Waals surface area contributed by atoms with Crippen LogP contribution in [0.5, 0.6) is 0 Å². The molecule has 1 aromatic heterocycles. The van der Waals surface area contributed by atoms with Crippen molar-refractivity contribution in [1.29, 1.82) is 0 Å². The first-order chi connectivity index (χ1) is 8.50. The van der Waals surface area contributed by atoms with Gasteiger partial charge in [0.2, 0.25) is 0 Å². The van der Waals surface area contributed by atoms with Gasteiger partial charge in [0.25, 0.3) is 0 Å². The molecule has 0 fully saturated rings. The molecule has 0 radical (unpaired) electrons. The predicted molar refractivity (Wildman–Crippen MR) is 68.7 cm³/mol. The normalized spacial score (nSPS) is 13.6. The highest BCUT2D eigenvalue weighted by Crippen LogP contribution is 2.35. The van der Waals surface area contributed by atoms with E-state index >= 15 is 0 Å². The minimum absolute atomic E-state index is 0.237. The van der Waals surface area contributed by atoms with E-state index in [-0.39, 0.29) is 11.6 Å². The van der Waals surface area contributed by atoms with E-state index in [1.165, 1.54) is 12.4 Å². The van der Waals surface area contributed by atoms with Crippen molar-refractivity contribution in [3.8, 4) is 0 Å². The Bertz CT molecular complexity index is 369. The summed E-state index contributed by atoms with van der Waals surface area (Å²) < 4.78 is 38.7. The van der Waals surface area contributed by atoms with Gasteiger partial charge in [-0.25, -0.2) is 0 Å². The summed E-state index contributed by atoms with van der Waals surface area (Å²) in [5.74, 6) is 0.809. The minimum Gasteiger partial charge on any atom is -0.310 e. The monoisotopic (exact) mass is 278 g/mol. The van der Waals surface area contributed by atoms with Gasteiger partial charge in [-0.2, -0.15) is 24.9 Å². The Morgan fingerprint density at radius 1 is 1.44 bits per heavy atom. The van der Waals surface area contributed by atoms with Crippen molar-refractivity contribution in [1.82, 2.24) is 10.3 Å². The van der Waals surface area contributed by atoms with Gasteiger partial charge < -0.3 is 5.32 Å². The third-order valence-corrected chi connectivity index (χ3v) is 3.24. The standard InChI is InChI=1S/C12H17F3N2S/c1-3-17-11(5-7-18-2)9-8-16-6-4-10(9)12(13,14)15/h4,6,8,11,17H,3,5,7H2,1-2H3. The van der Waals surface area contributed by atoms with Crippen LogP contribution in [0.4, 0.5) is 13.2 Å². The van der Waals surface area contributed by atoms with Gasteiger partial charge in [-0.3, -0.25) is 4.98 Å². The molecule has 1 rings (SSSR count). The zero-order valence-corrected chi connectivity index (χ0v) is 11.2. The molecule has 1 heterocycles. The zero-order valence-electron chi connectivity index (χ0n) is 10.4. The average Bonchev–Trinajstić information content (AvgIpc) is 2.33. The van der Waals surface area contributed by atoms with Crippen molar-refractivity contribution in [2.24, 2.45) is 0 Å². The van der Waals surface area contributed by atoms with Crippen molar-refractivity contribution >= 4 is 11.8 Å². The molecule has 0 aliphatic rings. The summed E-state index contributed by atoms with van der Waals surface area (Å²) in [5, 5.41) is 3.09. The molecule has 6 heteroatoms. The molecule has 1 unspecified atom stereocenters. The van der Waals surface area contributed by atoms with Crippen LogP contribution in [0.25, 0.3) is 0 Å². The topological polar surface area (TPSA) is 24.9 Å². The number of thioether (sulfide) groups is 1. The van der Waals surface area contributed by atoms with Crippen molar-refractivity contribution in [2.45, 2.75) is 25.6 Å². The fraction of sp³-hybridized carbons (Fsp3) is 0.583. The molecular formula is C12H17F3N2S. The van der Waals surface area contributed by atoms with Crippen LogP contribution in [0, 0.1) is 0 Å². The highest BCUT2D eigenvalue weighted by molar-refractivity contribution is 7.98. The Kier molecular flexibility index (Phi) is 5.95. The number of aromatic nitrogens is 1. The number of halogens is 3. The lowest BCUT2D eigenvalue weighted by Crippen LogP contribution is -2.24. The summed E-state index contributed by atoms with van der Waals surface area (Å²) in [7, 11) is 0. The number of hydrogen-bond acceptors (Lipinski definition) is 3. The van der Waals surface area contributed by atoms with Gasteiger partial charge in [0, 0.05) is 18.4 Å². The average molecular weight is 278 g/mol. The van der Waals surface area contributed by atoms with E-state index in [9.17, 15) is 13.2 Å². The molecule has 0 saturated carbocycles. The van der Waals surface area contributed by atoms with Gasteiger partial charge in [-0.05, 0) is 36.6 Å². The lowest BCUT2D eigenvalue weighted by Gasteiger charge is -2.21. The van der Waals surface area contributed by atoms with E-state index in [1.807, 2.05) is 13.2 Å². The fourth-order valence-electron chi connectivity index (χ4n) is 1.79. The van der Waals surface area contributed by atoms with E-state index in [4.69, 9.17) is 0 Å².